The monoisotopic (exact) mass is 659 g/mol. The van der Waals surface area contributed by atoms with Crippen molar-refractivity contribution in [3.05, 3.63) is 42.5 Å². The van der Waals surface area contributed by atoms with Crippen LogP contribution in [0.2, 0.25) is 0 Å². The molecule has 6 N–H and O–H groups in total. The van der Waals surface area contributed by atoms with Gasteiger partial charge in [0.25, 0.3) is 0 Å². The molecule has 2 heterocycles. The summed E-state index contributed by atoms with van der Waals surface area (Å²) >= 11 is 0. The Hall–Kier alpha value is -3.05. The molecule has 13 heteroatoms. The summed E-state index contributed by atoms with van der Waals surface area (Å²) in [5.74, 6) is 0.332. The van der Waals surface area contributed by atoms with Gasteiger partial charge in [-0.1, -0.05) is 103 Å². The normalized spacial score (nSPS) is 13.5. The number of imidazole rings is 1. The molecule has 1 amide bonds. The topological polar surface area (TPSA) is 181 Å². The fourth-order valence-electron chi connectivity index (χ4n) is 5.29. The number of benzene rings is 1. The van der Waals surface area contributed by atoms with Crippen LogP contribution in [0.25, 0.3) is 11.2 Å². The lowest BCUT2D eigenvalue weighted by Crippen LogP contribution is -2.42. The Kier molecular flexibility index (Phi) is 17.0. The standard InChI is InChI=1S/C33H54N7O5P/c1-2-3-4-5-6-7-8-9-10-11-12-13-14-15-20-36-33(41)29(34)23-27-16-18-28(19-17-27)45-46(42,43)26-44-22-21-40-25-39-30-31(35)37-24-38-32(30)40/h16-19,24-25,29H,2-15,20-23,26,34H2,1H3,(H,36,41)(H,42,43)(H2,35,37,38)/t29-/m0/s1. The predicted molar refractivity (Wildman–Crippen MR) is 182 cm³/mol. The highest BCUT2D eigenvalue weighted by Gasteiger charge is 2.22. The Morgan fingerprint density at radius 3 is 2.17 bits per heavy atom. The second-order valence-electron chi connectivity index (χ2n) is 12.0. The van der Waals surface area contributed by atoms with E-state index >= 15 is 0 Å². The van der Waals surface area contributed by atoms with E-state index in [0.29, 0.717) is 30.7 Å². The van der Waals surface area contributed by atoms with Crippen molar-refractivity contribution in [3.8, 4) is 5.75 Å². The van der Waals surface area contributed by atoms with E-state index in [9.17, 15) is 14.3 Å². The Morgan fingerprint density at radius 2 is 1.54 bits per heavy atom. The molecular formula is C33H54N7O5P. The van der Waals surface area contributed by atoms with Crippen molar-refractivity contribution in [1.82, 2.24) is 24.8 Å². The first-order valence-electron chi connectivity index (χ1n) is 16.9. The van der Waals surface area contributed by atoms with E-state index in [4.69, 9.17) is 20.7 Å². The third kappa shape index (κ3) is 14.2. The van der Waals surface area contributed by atoms with Gasteiger partial charge in [-0.05, 0) is 30.5 Å². The van der Waals surface area contributed by atoms with E-state index in [1.54, 1.807) is 35.2 Å². The molecule has 0 saturated carbocycles. The molecule has 0 aliphatic rings. The van der Waals surface area contributed by atoms with Crippen LogP contribution in [-0.2, 0) is 27.1 Å². The van der Waals surface area contributed by atoms with Crippen molar-refractivity contribution in [1.29, 1.82) is 0 Å². The summed E-state index contributed by atoms with van der Waals surface area (Å²) in [6.07, 6.45) is 20.9. The lowest BCUT2D eigenvalue weighted by molar-refractivity contribution is -0.122. The van der Waals surface area contributed by atoms with E-state index < -0.39 is 20.0 Å². The van der Waals surface area contributed by atoms with Crippen LogP contribution in [0.5, 0.6) is 5.75 Å². The second kappa shape index (κ2) is 20.9. The molecule has 0 bridgehead atoms. The van der Waals surface area contributed by atoms with Crippen molar-refractivity contribution in [3.63, 3.8) is 0 Å². The van der Waals surface area contributed by atoms with Crippen molar-refractivity contribution >= 4 is 30.5 Å². The number of ether oxygens (including phenoxy) is 1. The molecule has 256 valence electrons. The average molecular weight is 660 g/mol. The number of nitrogens with two attached hydrogens (primary N) is 2. The number of nitrogen functional groups attached to an aromatic ring is 1. The maximum atomic E-state index is 12.5. The molecule has 2 aromatic heterocycles. The Labute approximate surface area is 273 Å². The van der Waals surface area contributed by atoms with Crippen molar-refractivity contribution in [2.75, 3.05) is 25.2 Å². The molecule has 0 aliphatic heterocycles. The molecular weight excluding hydrogens is 605 g/mol. The lowest BCUT2D eigenvalue weighted by atomic mass is 10.0. The number of unbranched alkanes of at least 4 members (excludes halogenated alkanes) is 13. The number of aromatic nitrogens is 4. The first-order chi connectivity index (χ1) is 22.3. The minimum Gasteiger partial charge on any atom is -0.423 e. The van der Waals surface area contributed by atoms with Gasteiger partial charge >= 0.3 is 7.60 Å². The highest BCUT2D eigenvalue weighted by atomic mass is 31.2. The number of amides is 1. The third-order valence-electron chi connectivity index (χ3n) is 7.95. The molecule has 3 rings (SSSR count). The summed E-state index contributed by atoms with van der Waals surface area (Å²) in [4.78, 5) is 34.9. The summed E-state index contributed by atoms with van der Waals surface area (Å²) in [6, 6.07) is 5.95. The van der Waals surface area contributed by atoms with Crippen LogP contribution < -0.4 is 21.3 Å². The smallest absolute Gasteiger partial charge is 0.402 e. The van der Waals surface area contributed by atoms with Crippen LogP contribution in [0.1, 0.15) is 102 Å². The van der Waals surface area contributed by atoms with Crippen LogP contribution in [0, 0.1) is 0 Å². The summed E-state index contributed by atoms with van der Waals surface area (Å²) in [5, 5.41) is 2.94. The second-order valence-corrected chi connectivity index (χ2v) is 13.7. The average Bonchev–Trinajstić information content (AvgIpc) is 3.46. The van der Waals surface area contributed by atoms with Crippen LogP contribution >= 0.6 is 7.60 Å². The van der Waals surface area contributed by atoms with E-state index in [1.807, 2.05) is 0 Å². The molecule has 0 fully saturated rings. The summed E-state index contributed by atoms with van der Waals surface area (Å²) in [6.45, 7) is 3.39. The van der Waals surface area contributed by atoms with Gasteiger partial charge < -0.3 is 35.5 Å². The van der Waals surface area contributed by atoms with Gasteiger partial charge in [0.1, 0.15) is 17.6 Å². The molecule has 1 aromatic carbocycles. The molecule has 0 aliphatic carbocycles. The minimum absolute atomic E-state index is 0.140. The van der Waals surface area contributed by atoms with Gasteiger partial charge in [0.2, 0.25) is 5.91 Å². The number of fused-ring (bicyclic) bond motifs is 1. The quantitative estimate of drug-likeness (QED) is 0.0612. The van der Waals surface area contributed by atoms with E-state index in [2.05, 4.69) is 27.2 Å². The number of carbonyl (C=O) groups excluding carboxylic acids is 1. The first kappa shape index (κ1) is 37.4. The van der Waals surface area contributed by atoms with Crippen LogP contribution in [-0.4, -0.2) is 55.9 Å². The van der Waals surface area contributed by atoms with Gasteiger partial charge in [-0.25, -0.2) is 19.5 Å². The van der Waals surface area contributed by atoms with E-state index in [0.717, 1.165) is 18.4 Å². The molecule has 3 aromatic rings. The lowest BCUT2D eigenvalue weighted by Gasteiger charge is -2.15. The molecule has 0 saturated heterocycles. The minimum atomic E-state index is -4.05. The number of nitrogens with one attached hydrogen (secondary N) is 1. The van der Waals surface area contributed by atoms with Crippen molar-refractivity contribution in [2.24, 2.45) is 5.73 Å². The molecule has 1 unspecified atom stereocenters. The number of nitrogens with zero attached hydrogens (tertiary/aromatic N) is 4. The van der Waals surface area contributed by atoms with E-state index in [-0.39, 0.29) is 24.1 Å². The van der Waals surface area contributed by atoms with Crippen LogP contribution in [0.3, 0.4) is 0 Å². The Bertz CT molecular complexity index is 1340. The van der Waals surface area contributed by atoms with Crippen molar-refractivity contribution in [2.45, 2.75) is 116 Å². The number of carbonyl (C=O) groups is 1. The molecule has 46 heavy (non-hydrogen) atoms. The zero-order valence-electron chi connectivity index (χ0n) is 27.4. The highest BCUT2D eigenvalue weighted by molar-refractivity contribution is 7.53. The Morgan fingerprint density at radius 1 is 0.935 bits per heavy atom. The van der Waals surface area contributed by atoms with Gasteiger partial charge in [0, 0.05) is 13.1 Å². The van der Waals surface area contributed by atoms with Gasteiger partial charge in [0.15, 0.2) is 17.8 Å². The number of hydrogen-bond acceptors (Lipinski definition) is 9. The van der Waals surface area contributed by atoms with Gasteiger partial charge in [-0.2, -0.15) is 0 Å². The van der Waals surface area contributed by atoms with E-state index in [1.165, 1.54) is 83.4 Å². The summed E-state index contributed by atoms with van der Waals surface area (Å²) in [7, 11) is -4.05. The maximum absolute atomic E-state index is 12.5. The SMILES string of the molecule is CCCCCCCCCCCCCCCCNC(=O)[C@@H](N)Cc1ccc(OP(=O)(O)COCCn2cnc3c(N)ncnc32)cc1. The first-order valence-corrected chi connectivity index (χ1v) is 18.7. The zero-order valence-corrected chi connectivity index (χ0v) is 28.3. The van der Waals surface area contributed by atoms with Crippen LogP contribution in [0.4, 0.5) is 5.82 Å². The van der Waals surface area contributed by atoms with Crippen molar-refractivity contribution < 1.29 is 23.5 Å². The number of rotatable bonds is 25. The molecule has 12 nitrogen and oxygen atoms in total. The summed E-state index contributed by atoms with van der Waals surface area (Å²) in [5.41, 5.74) is 13.8. The largest absolute Gasteiger partial charge is 0.423 e. The number of anilines is 1. The maximum Gasteiger partial charge on any atom is 0.402 e. The third-order valence-corrected chi connectivity index (χ3v) is 8.96. The molecule has 0 spiro atoms. The number of hydrogen-bond donors (Lipinski definition) is 4. The highest BCUT2D eigenvalue weighted by Crippen LogP contribution is 2.42. The van der Waals surface area contributed by atoms with Gasteiger partial charge in [0.05, 0.1) is 19.0 Å². The summed E-state index contributed by atoms with van der Waals surface area (Å²) < 4.78 is 24.9. The fourth-order valence-corrected chi connectivity index (χ4v) is 6.16. The van der Waals surface area contributed by atoms with Gasteiger partial charge in [-0.15, -0.1) is 0 Å². The molecule has 0 radical (unpaired) electrons. The fraction of sp³-hybridized carbons (Fsp3) is 0.636. The Balaban J connectivity index is 1.22. The van der Waals surface area contributed by atoms with Gasteiger partial charge in [-0.3, -0.25) is 4.79 Å². The zero-order chi connectivity index (χ0) is 33.0. The molecule has 2 atom stereocenters. The van der Waals surface area contributed by atoms with Crippen LogP contribution in [0.15, 0.2) is 36.9 Å². The predicted octanol–water partition coefficient (Wildman–Crippen LogP) is 6.11.